The molecule has 1 N–H and O–H groups in total. The van der Waals surface area contributed by atoms with Crippen molar-refractivity contribution in [3.8, 4) is 11.4 Å². The maximum absolute atomic E-state index is 13.4. The van der Waals surface area contributed by atoms with Crippen molar-refractivity contribution in [3.63, 3.8) is 0 Å². The summed E-state index contributed by atoms with van der Waals surface area (Å²) >= 11 is 0. The summed E-state index contributed by atoms with van der Waals surface area (Å²) in [5, 5.41) is 10.4. The van der Waals surface area contributed by atoms with E-state index in [9.17, 15) is 14.3 Å². The number of aromatic nitrogens is 2. The predicted molar refractivity (Wildman–Crippen MR) is 98.9 cm³/mol. The number of hydrogen-bond acceptors (Lipinski definition) is 2. The van der Waals surface area contributed by atoms with Crippen molar-refractivity contribution < 1.29 is 14.3 Å². The number of fused-ring (bicyclic) bond motifs is 1. The van der Waals surface area contributed by atoms with Gasteiger partial charge in [-0.15, -0.1) is 0 Å². The van der Waals surface area contributed by atoms with Crippen LogP contribution in [0, 0.1) is 5.82 Å². The van der Waals surface area contributed by atoms with Gasteiger partial charge < -0.3 is 9.67 Å². The third-order valence-corrected chi connectivity index (χ3v) is 5.47. The van der Waals surface area contributed by atoms with Gasteiger partial charge in [-0.25, -0.2) is 9.18 Å². The van der Waals surface area contributed by atoms with E-state index in [-0.39, 0.29) is 11.4 Å². The molecular weight excluding hydrogens is 331 g/mol. The van der Waals surface area contributed by atoms with Crippen molar-refractivity contribution in [3.05, 3.63) is 53.5 Å². The number of carboxylic acid groups (broad SMARTS) is 1. The standard InChI is InChI=1S/C21H21FN2O2/c1-24-18-11-14(21(25)26)7-9-16(18)19(13-5-3-2-4-6-13)20(24)17-10-8-15(22)12-23-17/h7-13H,2-6H2,1H3,(H,25,26). The number of nitrogens with zero attached hydrogens (tertiary/aromatic N) is 2. The molecule has 4 rings (SSSR count). The van der Waals surface area contributed by atoms with Crippen molar-refractivity contribution in [2.24, 2.45) is 7.05 Å². The van der Waals surface area contributed by atoms with Gasteiger partial charge in [0.25, 0.3) is 0 Å². The predicted octanol–water partition coefficient (Wildman–Crippen LogP) is 5.13. The van der Waals surface area contributed by atoms with E-state index in [1.165, 1.54) is 37.1 Å². The van der Waals surface area contributed by atoms with E-state index in [4.69, 9.17) is 0 Å². The van der Waals surface area contributed by atoms with Crippen LogP contribution in [0.2, 0.25) is 0 Å². The van der Waals surface area contributed by atoms with Crippen LogP contribution in [-0.4, -0.2) is 20.6 Å². The van der Waals surface area contributed by atoms with Gasteiger partial charge in [0.1, 0.15) is 5.82 Å². The molecule has 0 atom stereocenters. The average Bonchev–Trinajstić information content (AvgIpc) is 2.95. The molecule has 0 aliphatic heterocycles. The first-order valence-corrected chi connectivity index (χ1v) is 9.04. The smallest absolute Gasteiger partial charge is 0.335 e. The number of rotatable bonds is 3. The van der Waals surface area contributed by atoms with Gasteiger partial charge in [-0.3, -0.25) is 4.98 Å². The number of benzene rings is 1. The van der Waals surface area contributed by atoms with Crippen LogP contribution in [0.5, 0.6) is 0 Å². The largest absolute Gasteiger partial charge is 0.478 e. The molecule has 0 amide bonds. The Kier molecular flexibility index (Phi) is 4.23. The molecule has 1 aromatic carbocycles. The lowest BCUT2D eigenvalue weighted by Gasteiger charge is -2.23. The molecule has 0 spiro atoms. The number of carboxylic acids is 1. The number of hydrogen-bond donors (Lipinski definition) is 1. The SMILES string of the molecule is Cn1c(-c2ccc(F)cn2)c(C2CCCCC2)c2ccc(C(=O)O)cc21. The Bertz CT molecular complexity index is 970. The molecule has 1 saturated carbocycles. The highest BCUT2D eigenvalue weighted by Gasteiger charge is 2.26. The summed E-state index contributed by atoms with van der Waals surface area (Å²) in [6.45, 7) is 0. The van der Waals surface area contributed by atoms with E-state index in [0.717, 1.165) is 35.1 Å². The molecule has 0 bridgehead atoms. The number of aromatic carboxylic acids is 1. The Morgan fingerprint density at radius 3 is 2.62 bits per heavy atom. The molecule has 1 aliphatic rings. The molecule has 5 heteroatoms. The zero-order valence-corrected chi connectivity index (χ0v) is 14.7. The van der Waals surface area contributed by atoms with E-state index >= 15 is 0 Å². The van der Waals surface area contributed by atoms with Gasteiger partial charge in [0.2, 0.25) is 0 Å². The molecule has 0 radical (unpaired) electrons. The van der Waals surface area contributed by atoms with Gasteiger partial charge in [-0.05, 0) is 48.6 Å². The lowest BCUT2D eigenvalue weighted by atomic mass is 9.82. The Labute approximate surface area is 151 Å². The van der Waals surface area contributed by atoms with Crippen molar-refractivity contribution in [2.45, 2.75) is 38.0 Å². The van der Waals surface area contributed by atoms with E-state index < -0.39 is 5.97 Å². The monoisotopic (exact) mass is 352 g/mol. The number of carbonyl (C=O) groups is 1. The first-order valence-electron chi connectivity index (χ1n) is 9.04. The normalized spacial score (nSPS) is 15.5. The van der Waals surface area contributed by atoms with E-state index in [0.29, 0.717) is 5.92 Å². The zero-order chi connectivity index (χ0) is 18.3. The second kappa shape index (κ2) is 6.56. The summed E-state index contributed by atoms with van der Waals surface area (Å²) in [5.74, 6) is -0.876. The van der Waals surface area contributed by atoms with Crippen LogP contribution in [0.3, 0.4) is 0 Å². The topological polar surface area (TPSA) is 55.1 Å². The maximum atomic E-state index is 13.4. The third kappa shape index (κ3) is 2.77. The van der Waals surface area contributed by atoms with Crippen molar-refractivity contribution in [1.29, 1.82) is 0 Å². The number of pyridine rings is 1. The summed E-state index contributed by atoms with van der Waals surface area (Å²) in [4.78, 5) is 15.7. The molecule has 2 heterocycles. The molecule has 26 heavy (non-hydrogen) atoms. The summed E-state index contributed by atoms with van der Waals surface area (Å²) in [5.41, 5.74) is 4.06. The van der Waals surface area contributed by atoms with Crippen LogP contribution in [0.4, 0.5) is 4.39 Å². The molecule has 0 unspecified atom stereocenters. The first-order chi connectivity index (χ1) is 12.6. The van der Waals surface area contributed by atoms with Crippen molar-refractivity contribution in [2.75, 3.05) is 0 Å². The van der Waals surface area contributed by atoms with Crippen LogP contribution in [-0.2, 0) is 7.05 Å². The van der Waals surface area contributed by atoms with Crippen LogP contribution >= 0.6 is 0 Å². The minimum absolute atomic E-state index is 0.270. The summed E-state index contributed by atoms with van der Waals surface area (Å²) in [7, 11) is 1.93. The van der Waals surface area contributed by atoms with E-state index in [2.05, 4.69) is 4.98 Å². The van der Waals surface area contributed by atoms with E-state index in [1.807, 2.05) is 17.7 Å². The molecule has 0 saturated heterocycles. The third-order valence-electron chi connectivity index (χ3n) is 5.47. The fourth-order valence-electron chi connectivity index (χ4n) is 4.23. The second-order valence-corrected chi connectivity index (χ2v) is 7.05. The van der Waals surface area contributed by atoms with Crippen LogP contribution in [0.25, 0.3) is 22.3 Å². The van der Waals surface area contributed by atoms with Gasteiger partial charge in [-0.2, -0.15) is 0 Å². The van der Waals surface area contributed by atoms with Gasteiger partial charge >= 0.3 is 5.97 Å². The highest BCUT2D eigenvalue weighted by atomic mass is 19.1. The molecule has 134 valence electrons. The van der Waals surface area contributed by atoms with Crippen LogP contribution < -0.4 is 0 Å². The molecule has 3 aromatic rings. The minimum Gasteiger partial charge on any atom is -0.478 e. The van der Waals surface area contributed by atoms with Crippen LogP contribution in [0.15, 0.2) is 36.5 Å². The molecule has 4 nitrogen and oxygen atoms in total. The molecule has 2 aromatic heterocycles. The maximum Gasteiger partial charge on any atom is 0.335 e. The highest BCUT2D eigenvalue weighted by Crippen LogP contribution is 2.43. The Morgan fingerprint density at radius 2 is 1.96 bits per heavy atom. The molecule has 1 fully saturated rings. The van der Waals surface area contributed by atoms with Gasteiger partial charge in [0.15, 0.2) is 0 Å². The summed E-state index contributed by atoms with van der Waals surface area (Å²) in [6.07, 6.45) is 7.13. The number of aryl methyl sites for hydroxylation is 1. The Hall–Kier alpha value is -2.69. The quantitative estimate of drug-likeness (QED) is 0.711. The van der Waals surface area contributed by atoms with Gasteiger partial charge in [0, 0.05) is 18.0 Å². The first kappa shape index (κ1) is 16.8. The van der Waals surface area contributed by atoms with Gasteiger partial charge in [0.05, 0.1) is 23.1 Å². The summed E-state index contributed by atoms with van der Waals surface area (Å²) in [6, 6.07) is 8.42. The van der Waals surface area contributed by atoms with Crippen molar-refractivity contribution >= 4 is 16.9 Å². The Morgan fingerprint density at radius 1 is 1.19 bits per heavy atom. The lowest BCUT2D eigenvalue weighted by Crippen LogP contribution is -2.06. The number of halogens is 1. The fourth-order valence-corrected chi connectivity index (χ4v) is 4.23. The Balaban J connectivity index is 1.99. The van der Waals surface area contributed by atoms with Crippen LogP contribution in [0.1, 0.15) is 53.9 Å². The van der Waals surface area contributed by atoms with Gasteiger partial charge in [-0.1, -0.05) is 25.3 Å². The zero-order valence-electron chi connectivity index (χ0n) is 14.7. The van der Waals surface area contributed by atoms with E-state index in [1.54, 1.807) is 18.2 Å². The lowest BCUT2D eigenvalue weighted by molar-refractivity contribution is 0.0697. The molecular formula is C21H21FN2O2. The minimum atomic E-state index is -0.936. The summed E-state index contributed by atoms with van der Waals surface area (Å²) < 4.78 is 15.4. The molecule has 1 aliphatic carbocycles. The average molecular weight is 352 g/mol. The van der Waals surface area contributed by atoms with Crippen molar-refractivity contribution in [1.82, 2.24) is 9.55 Å². The highest BCUT2D eigenvalue weighted by molar-refractivity contribution is 5.97. The second-order valence-electron chi connectivity index (χ2n) is 7.05. The fraction of sp³-hybridized carbons (Fsp3) is 0.333.